The van der Waals surface area contributed by atoms with Gasteiger partial charge in [-0.25, -0.2) is 0 Å². The molecule has 1 saturated heterocycles. The van der Waals surface area contributed by atoms with Gasteiger partial charge in [0.25, 0.3) is 0 Å². The fourth-order valence-corrected chi connectivity index (χ4v) is 2.28. The lowest BCUT2D eigenvalue weighted by Gasteiger charge is -2.38. The Kier molecular flexibility index (Phi) is 3.27. The Balaban J connectivity index is 1.45. The molecule has 0 atom stereocenters. The van der Waals surface area contributed by atoms with Crippen molar-refractivity contribution in [2.24, 2.45) is 0 Å². The minimum absolute atomic E-state index is 0.0756. The van der Waals surface area contributed by atoms with Crippen LogP contribution < -0.4 is 5.32 Å². The van der Waals surface area contributed by atoms with Crippen molar-refractivity contribution < 1.29 is 9.32 Å². The van der Waals surface area contributed by atoms with Gasteiger partial charge in [0.1, 0.15) is 5.76 Å². The Labute approximate surface area is 116 Å². The van der Waals surface area contributed by atoms with Crippen LogP contribution in [0.1, 0.15) is 17.4 Å². The molecule has 0 radical (unpaired) electrons. The van der Waals surface area contributed by atoms with Gasteiger partial charge in [-0.15, -0.1) is 0 Å². The third-order valence-corrected chi connectivity index (χ3v) is 3.31. The van der Waals surface area contributed by atoms with Crippen molar-refractivity contribution in [1.29, 1.82) is 0 Å². The van der Waals surface area contributed by atoms with Crippen molar-refractivity contribution in [3.8, 4) is 0 Å². The van der Waals surface area contributed by atoms with E-state index in [0.717, 1.165) is 18.7 Å². The minimum atomic E-state index is -0.0756. The molecule has 0 unspecified atom stereocenters. The number of nitrogens with one attached hydrogen (secondary N) is 1. The fourth-order valence-electron chi connectivity index (χ4n) is 2.28. The van der Waals surface area contributed by atoms with Crippen LogP contribution >= 0.6 is 0 Å². The van der Waals surface area contributed by atoms with Crippen LogP contribution in [-0.4, -0.2) is 45.4 Å². The molecule has 2 aromatic rings. The lowest BCUT2D eigenvalue weighted by Crippen LogP contribution is -2.50. The largest absolute Gasteiger partial charge is 0.360 e. The van der Waals surface area contributed by atoms with Crippen molar-refractivity contribution in [1.82, 2.24) is 19.8 Å². The summed E-state index contributed by atoms with van der Waals surface area (Å²) in [5.74, 6) is 1.07. The molecule has 0 aliphatic carbocycles. The number of anilines is 1. The predicted octanol–water partition coefficient (Wildman–Crippen LogP) is 0.983. The Morgan fingerprint density at radius 1 is 1.50 bits per heavy atom. The lowest BCUT2D eigenvalue weighted by atomic mass is 10.1. The van der Waals surface area contributed by atoms with Gasteiger partial charge in [0.15, 0.2) is 5.82 Å². The molecule has 106 valence electrons. The highest BCUT2D eigenvalue weighted by Gasteiger charge is 2.30. The maximum atomic E-state index is 11.8. The molecule has 3 rings (SSSR count). The SMILES string of the molecule is Cc1cnn(C2CN(CC(=O)Nc3cc(C)on3)C2)c1. The number of aromatic nitrogens is 3. The topological polar surface area (TPSA) is 76.2 Å². The van der Waals surface area contributed by atoms with E-state index in [1.165, 1.54) is 0 Å². The molecule has 1 amide bonds. The summed E-state index contributed by atoms with van der Waals surface area (Å²) in [6.07, 6.45) is 3.88. The zero-order chi connectivity index (χ0) is 14.1. The van der Waals surface area contributed by atoms with E-state index >= 15 is 0 Å². The molecule has 20 heavy (non-hydrogen) atoms. The van der Waals surface area contributed by atoms with E-state index in [1.54, 1.807) is 13.0 Å². The van der Waals surface area contributed by atoms with Gasteiger partial charge in [-0.3, -0.25) is 14.4 Å². The first-order valence-electron chi connectivity index (χ1n) is 6.56. The number of carbonyl (C=O) groups excluding carboxylic acids is 1. The van der Waals surface area contributed by atoms with Crippen molar-refractivity contribution in [2.45, 2.75) is 19.9 Å². The summed E-state index contributed by atoms with van der Waals surface area (Å²) >= 11 is 0. The Morgan fingerprint density at radius 2 is 2.30 bits per heavy atom. The second kappa shape index (κ2) is 5.09. The number of aryl methyl sites for hydroxylation is 2. The fraction of sp³-hybridized carbons (Fsp3) is 0.462. The average molecular weight is 275 g/mol. The number of amides is 1. The third-order valence-electron chi connectivity index (χ3n) is 3.31. The van der Waals surface area contributed by atoms with Crippen molar-refractivity contribution in [3.63, 3.8) is 0 Å². The van der Waals surface area contributed by atoms with Crippen LogP contribution in [0.5, 0.6) is 0 Å². The third kappa shape index (κ3) is 2.72. The molecule has 0 bridgehead atoms. The monoisotopic (exact) mass is 275 g/mol. The van der Waals surface area contributed by atoms with E-state index in [-0.39, 0.29) is 5.91 Å². The van der Waals surface area contributed by atoms with Crippen molar-refractivity contribution in [3.05, 3.63) is 29.8 Å². The van der Waals surface area contributed by atoms with Crippen LogP contribution in [-0.2, 0) is 4.79 Å². The van der Waals surface area contributed by atoms with Gasteiger partial charge in [-0.2, -0.15) is 5.10 Å². The number of rotatable bonds is 4. The van der Waals surface area contributed by atoms with E-state index in [2.05, 4.69) is 20.5 Å². The van der Waals surface area contributed by atoms with Gasteiger partial charge in [0, 0.05) is 25.4 Å². The molecule has 7 nitrogen and oxygen atoms in total. The van der Waals surface area contributed by atoms with Crippen LogP contribution in [0.15, 0.2) is 23.0 Å². The van der Waals surface area contributed by atoms with E-state index < -0.39 is 0 Å². The molecule has 3 heterocycles. The van der Waals surface area contributed by atoms with Gasteiger partial charge in [-0.05, 0) is 19.4 Å². The van der Waals surface area contributed by atoms with Crippen LogP contribution in [0, 0.1) is 13.8 Å². The van der Waals surface area contributed by atoms with Gasteiger partial charge in [-0.1, -0.05) is 5.16 Å². The van der Waals surface area contributed by atoms with Gasteiger partial charge < -0.3 is 9.84 Å². The van der Waals surface area contributed by atoms with Crippen molar-refractivity contribution >= 4 is 11.7 Å². The molecule has 0 aromatic carbocycles. The van der Waals surface area contributed by atoms with Crippen LogP contribution in [0.4, 0.5) is 5.82 Å². The molecular formula is C13H17N5O2. The quantitative estimate of drug-likeness (QED) is 0.900. The first-order valence-corrected chi connectivity index (χ1v) is 6.56. The number of hydrogen-bond donors (Lipinski definition) is 1. The molecule has 1 fully saturated rings. The van der Waals surface area contributed by atoms with Gasteiger partial charge in [0.2, 0.25) is 5.91 Å². The maximum Gasteiger partial charge on any atom is 0.239 e. The highest BCUT2D eigenvalue weighted by Crippen LogP contribution is 2.20. The zero-order valence-electron chi connectivity index (χ0n) is 11.5. The van der Waals surface area contributed by atoms with Crippen LogP contribution in [0.2, 0.25) is 0 Å². The summed E-state index contributed by atoms with van der Waals surface area (Å²) in [6.45, 7) is 5.85. The smallest absolute Gasteiger partial charge is 0.239 e. The summed E-state index contributed by atoms with van der Waals surface area (Å²) in [4.78, 5) is 13.9. The molecule has 1 N–H and O–H groups in total. The van der Waals surface area contributed by atoms with E-state index in [1.807, 2.05) is 24.0 Å². The predicted molar refractivity (Wildman–Crippen MR) is 72.3 cm³/mol. The first-order chi connectivity index (χ1) is 9.60. The Morgan fingerprint density at radius 3 is 2.90 bits per heavy atom. The van der Waals surface area contributed by atoms with E-state index in [4.69, 9.17) is 4.52 Å². The van der Waals surface area contributed by atoms with Crippen molar-refractivity contribution in [2.75, 3.05) is 25.0 Å². The molecule has 2 aromatic heterocycles. The number of hydrogen-bond acceptors (Lipinski definition) is 5. The maximum absolute atomic E-state index is 11.8. The Bertz CT molecular complexity index is 612. The summed E-state index contributed by atoms with van der Waals surface area (Å²) in [5.41, 5.74) is 1.16. The first kappa shape index (κ1) is 12.9. The summed E-state index contributed by atoms with van der Waals surface area (Å²) in [6, 6.07) is 2.06. The molecule has 0 spiro atoms. The average Bonchev–Trinajstić information content (AvgIpc) is 2.92. The highest BCUT2D eigenvalue weighted by molar-refractivity contribution is 5.91. The number of nitrogens with zero attached hydrogens (tertiary/aromatic N) is 4. The molecule has 1 aliphatic heterocycles. The molecule has 7 heteroatoms. The Hall–Kier alpha value is -2.15. The summed E-state index contributed by atoms with van der Waals surface area (Å²) in [7, 11) is 0. The molecule has 0 saturated carbocycles. The standard InChI is InChI=1S/C13H17N5O2/c1-9-4-14-18(5-9)11-6-17(7-11)8-13(19)15-12-3-10(2)20-16-12/h3-5,11H,6-8H2,1-2H3,(H,15,16,19). The van der Waals surface area contributed by atoms with Crippen LogP contribution in [0.25, 0.3) is 0 Å². The van der Waals surface area contributed by atoms with E-state index in [9.17, 15) is 4.79 Å². The summed E-state index contributed by atoms with van der Waals surface area (Å²) < 4.78 is 6.86. The van der Waals surface area contributed by atoms with Crippen LogP contribution in [0.3, 0.4) is 0 Å². The lowest BCUT2D eigenvalue weighted by molar-refractivity contribution is -0.118. The second-order valence-corrected chi connectivity index (χ2v) is 5.22. The zero-order valence-corrected chi connectivity index (χ0v) is 11.5. The normalized spacial score (nSPS) is 16.1. The molecular weight excluding hydrogens is 258 g/mol. The minimum Gasteiger partial charge on any atom is -0.360 e. The summed E-state index contributed by atoms with van der Waals surface area (Å²) in [5, 5.41) is 10.7. The molecule has 1 aliphatic rings. The number of likely N-dealkylation sites (tertiary alicyclic amines) is 1. The van der Waals surface area contributed by atoms with Gasteiger partial charge >= 0.3 is 0 Å². The van der Waals surface area contributed by atoms with E-state index in [0.29, 0.717) is 24.2 Å². The van der Waals surface area contributed by atoms with Gasteiger partial charge in [0.05, 0.1) is 18.8 Å². The highest BCUT2D eigenvalue weighted by atomic mass is 16.5. The number of carbonyl (C=O) groups is 1. The second-order valence-electron chi connectivity index (χ2n) is 5.22.